The topological polar surface area (TPSA) is 94.9 Å². The second kappa shape index (κ2) is 3.03. The molecule has 14 heavy (non-hydrogen) atoms. The Kier molecular flexibility index (Phi) is 1.97. The summed E-state index contributed by atoms with van der Waals surface area (Å²) in [5.74, 6) is 0. The van der Waals surface area contributed by atoms with Crippen LogP contribution in [0, 0.1) is 10.1 Å². The lowest BCUT2D eigenvalue weighted by molar-refractivity contribution is -0.382. The van der Waals surface area contributed by atoms with Gasteiger partial charge in [-0.1, -0.05) is 11.6 Å². The maximum absolute atomic E-state index is 10.7. The summed E-state index contributed by atoms with van der Waals surface area (Å²) in [5, 5.41) is 10.9. The van der Waals surface area contributed by atoms with Gasteiger partial charge in [-0.2, -0.15) is 8.75 Å². The van der Waals surface area contributed by atoms with Gasteiger partial charge in [-0.25, -0.2) is 0 Å². The van der Waals surface area contributed by atoms with Crippen molar-refractivity contribution < 1.29 is 4.92 Å². The molecule has 2 aromatic rings. The highest BCUT2D eigenvalue weighted by molar-refractivity contribution is 7.00. The van der Waals surface area contributed by atoms with E-state index in [1.54, 1.807) is 0 Å². The third-order valence-electron chi connectivity index (χ3n) is 1.68. The fraction of sp³-hybridized carbons (Fsp3) is 0. The van der Waals surface area contributed by atoms with Gasteiger partial charge in [-0.05, 0) is 6.07 Å². The maximum Gasteiger partial charge on any atom is 0.320 e. The lowest BCUT2D eigenvalue weighted by Crippen LogP contribution is -1.96. The van der Waals surface area contributed by atoms with Crippen LogP contribution in [0.5, 0.6) is 0 Å². The Morgan fingerprint density at radius 2 is 2.14 bits per heavy atom. The van der Waals surface area contributed by atoms with Gasteiger partial charge in [-0.3, -0.25) is 10.1 Å². The highest BCUT2D eigenvalue weighted by Gasteiger charge is 2.22. The number of fused-ring (bicyclic) bond motifs is 1. The van der Waals surface area contributed by atoms with Gasteiger partial charge in [0.2, 0.25) is 0 Å². The summed E-state index contributed by atoms with van der Waals surface area (Å²) in [5.41, 5.74) is 5.68. The van der Waals surface area contributed by atoms with Crippen molar-refractivity contribution in [3.8, 4) is 0 Å². The van der Waals surface area contributed by atoms with Crippen LogP contribution in [0.2, 0.25) is 5.02 Å². The Balaban J connectivity index is 2.93. The number of nitro benzene ring substituents is 1. The van der Waals surface area contributed by atoms with Gasteiger partial charge >= 0.3 is 5.69 Å². The lowest BCUT2D eigenvalue weighted by atomic mass is 10.2. The van der Waals surface area contributed by atoms with Crippen LogP contribution in [-0.2, 0) is 0 Å². The Morgan fingerprint density at radius 3 is 2.79 bits per heavy atom. The highest BCUT2D eigenvalue weighted by atomic mass is 35.5. The van der Waals surface area contributed by atoms with Crippen molar-refractivity contribution in [3.63, 3.8) is 0 Å². The minimum atomic E-state index is -0.588. The fourth-order valence-electron chi connectivity index (χ4n) is 1.10. The number of halogens is 1. The van der Waals surface area contributed by atoms with Crippen LogP contribution in [0.15, 0.2) is 6.07 Å². The van der Waals surface area contributed by atoms with Gasteiger partial charge in [-0.15, -0.1) is 0 Å². The molecule has 6 nitrogen and oxygen atoms in total. The second-order valence-corrected chi connectivity index (χ2v) is 3.45. The van der Waals surface area contributed by atoms with Crippen LogP contribution >= 0.6 is 23.3 Å². The van der Waals surface area contributed by atoms with Gasteiger partial charge in [0.05, 0.1) is 21.7 Å². The normalized spacial score (nSPS) is 10.6. The first-order valence-electron chi connectivity index (χ1n) is 3.46. The molecule has 8 heteroatoms. The molecule has 2 rings (SSSR count). The molecule has 1 aromatic heterocycles. The summed E-state index contributed by atoms with van der Waals surface area (Å²) in [6.07, 6.45) is 0. The van der Waals surface area contributed by atoms with Crippen molar-refractivity contribution in [1.82, 2.24) is 8.75 Å². The first kappa shape index (κ1) is 9.10. The molecule has 0 radical (unpaired) electrons. The van der Waals surface area contributed by atoms with E-state index in [1.807, 2.05) is 0 Å². The zero-order chi connectivity index (χ0) is 10.3. The quantitative estimate of drug-likeness (QED) is 0.458. The Labute approximate surface area is 86.8 Å². The van der Waals surface area contributed by atoms with E-state index in [-0.39, 0.29) is 21.9 Å². The van der Waals surface area contributed by atoms with Gasteiger partial charge < -0.3 is 5.73 Å². The van der Waals surface area contributed by atoms with Crippen LogP contribution < -0.4 is 5.73 Å². The number of nitrogens with two attached hydrogens (primary N) is 1. The molecule has 2 N–H and O–H groups in total. The molecule has 0 spiro atoms. The van der Waals surface area contributed by atoms with E-state index in [0.717, 1.165) is 11.7 Å². The molecule has 0 unspecified atom stereocenters. The molecule has 1 heterocycles. The molecular formula is C6H3ClN4O2S. The predicted octanol–water partition coefficient (Wildman–Crippen LogP) is 1.84. The van der Waals surface area contributed by atoms with E-state index in [2.05, 4.69) is 8.75 Å². The zero-order valence-electron chi connectivity index (χ0n) is 6.60. The zero-order valence-corrected chi connectivity index (χ0v) is 8.17. The minimum absolute atomic E-state index is 0.000185. The van der Waals surface area contributed by atoms with Crippen molar-refractivity contribution in [2.75, 3.05) is 5.73 Å². The number of hydrogen-bond donors (Lipinski definition) is 1. The van der Waals surface area contributed by atoms with Crippen molar-refractivity contribution in [3.05, 3.63) is 21.2 Å². The van der Waals surface area contributed by atoms with Crippen LogP contribution in [0.25, 0.3) is 11.0 Å². The van der Waals surface area contributed by atoms with E-state index in [9.17, 15) is 10.1 Å². The summed E-state index contributed by atoms with van der Waals surface area (Å²) in [6, 6.07) is 1.31. The average molecular weight is 231 g/mol. The van der Waals surface area contributed by atoms with Gasteiger partial charge in [0.25, 0.3) is 0 Å². The van der Waals surface area contributed by atoms with Crippen LogP contribution in [0.4, 0.5) is 11.4 Å². The standard InChI is InChI=1S/C6H3ClN4O2S/c7-2-1-3(8)6(11(12)13)5-4(2)9-14-10-5/h1H,8H2. The third-order valence-corrected chi connectivity index (χ3v) is 2.49. The van der Waals surface area contributed by atoms with Crippen molar-refractivity contribution in [2.45, 2.75) is 0 Å². The van der Waals surface area contributed by atoms with Crippen LogP contribution in [0.1, 0.15) is 0 Å². The van der Waals surface area contributed by atoms with E-state index >= 15 is 0 Å². The van der Waals surface area contributed by atoms with Crippen molar-refractivity contribution in [1.29, 1.82) is 0 Å². The van der Waals surface area contributed by atoms with E-state index in [0.29, 0.717) is 5.52 Å². The number of nitrogen functional groups attached to an aromatic ring is 1. The van der Waals surface area contributed by atoms with Gasteiger partial charge in [0.1, 0.15) is 11.2 Å². The lowest BCUT2D eigenvalue weighted by Gasteiger charge is -1.97. The van der Waals surface area contributed by atoms with Gasteiger partial charge in [0, 0.05) is 0 Å². The van der Waals surface area contributed by atoms with Gasteiger partial charge in [0.15, 0.2) is 5.52 Å². The first-order chi connectivity index (χ1) is 6.61. The predicted molar refractivity (Wildman–Crippen MR) is 53.5 cm³/mol. The average Bonchev–Trinajstić information content (AvgIpc) is 2.51. The molecule has 0 aliphatic carbocycles. The summed E-state index contributed by atoms with van der Waals surface area (Å²) in [7, 11) is 0. The van der Waals surface area contributed by atoms with Crippen LogP contribution in [0.3, 0.4) is 0 Å². The molecule has 0 aliphatic rings. The molecule has 1 aromatic carbocycles. The monoisotopic (exact) mass is 230 g/mol. The van der Waals surface area contributed by atoms with E-state index in [4.69, 9.17) is 17.3 Å². The smallest absolute Gasteiger partial charge is 0.320 e. The molecule has 0 aliphatic heterocycles. The number of benzene rings is 1. The second-order valence-electron chi connectivity index (χ2n) is 2.51. The molecular weight excluding hydrogens is 228 g/mol. The Bertz CT molecular complexity index is 526. The number of aromatic nitrogens is 2. The molecule has 0 fully saturated rings. The Hall–Kier alpha value is -1.47. The third kappa shape index (κ3) is 1.17. The number of anilines is 1. The number of nitrogens with zero attached hydrogens (tertiary/aromatic N) is 3. The fourth-order valence-corrected chi connectivity index (χ4v) is 1.96. The highest BCUT2D eigenvalue weighted by Crippen LogP contribution is 2.34. The summed E-state index contributed by atoms with van der Waals surface area (Å²) >= 11 is 6.64. The summed E-state index contributed by atoms with van der Waals surface area (Å²) in [6.45, 7) is 0. The van der Waals surface area contributed by atoms with E-state index in [1.165, 1.54) is 6.07 Å². The molecule has 0 saturated heterocycles. The largest absolute Gasteiger partial charge is 0.393 e. The SMILES string of the molecule is Nc1cc(Cl)c2nsnc2c1[N+](=O)[O-]. The van der Waals surface area contributed by atoms with Crippen LogP contribution in [-0.4, -0.2) is 13.7 Å². The molecule has 0 bridgehead atoms. The summed E-state index contributed by atoms with van der Waals surface area (Å²) in [4.78, 5) is 10.1. The Morgan fingerprint density at radius 1 is 1.50 bits per heavy atom. The molecule has 0 amide bonds. The van der Waals surface area contributed by atoms with Crippen molar-refractivity contribution in [2.24, 2.45) is 0 Å². The number of rotatable bonds is 1. The molecule has 72 valence electrons. The number of hydrogen-bond acceptors (Lipinski definition) is 6. The molecule has 0 atom stereocenters. The summed E-state index contributed by atoms with van der Waals surface area (Å²) < 4.78 is 7.63. The number of nitro groups is 1. The maximum atomic E-state index is 10.7. The minimum Gasteiger partial charge on any atom is -0.393 e. The van der Waals surface area contributed by atoms with E-state index < -0.39 is 4.92 Å². The molecule has 0 saturated carbocycles. The first-order valence-corrected chi connectivity index (χ1v) is 4.56. The van der Waals surface area contributed by atoms with Crippen molar-refractivity contribution >= 4 is 45.7 Å².